The highest BCUT2D eigenvalue weighted by atomic mass is 32.1. The first-order chi connectivity index (χ1) is 14.0. The molecule has 29 heavy (non-hydrogen) atoms. The predicted octanol–water partition coefficient (Wildman–Crippen LogP) is 5.19. The van der Waals surface area contributed by atoms with E-state index in [4.69, 9.17) is 4.42 Å². The van der Waals surface area contributed by atoms with Gasteiger partial charge in [-0.05, 0) is 36.4 Å². The maximum atomic E-state index is 13.2. The Hall–Kier alpha value is -3.53. The van der Waals surface area contributed by atoms with Crippen molar-refractivity contribution in [2.45, 2.75) is 6.43 Å². The number of aromatic nitrogens is 3. The van der Waals surface area contributed by atoms with Crippen LogP contribution in [0.25, 0.3) is 22.6 Å². The summed E-state index contributed by atoms with van der Waals surface area (Å²) in [5.74, 6) is -2.63. The number of amides is 1. The van der Waals surface area contributed by atoms with Gasteiger partial charge in [0.2, 0.25) is 5.76 Å². The molecule has 0 saturated carbocycles. The Kier molecular flexibility index (Phi) is 5.09. The van der Waals surface area contributed by atoms with Gasteiger partial charge in [-0.3, -0.25) is 15.1 Å². The third-order valence-electron chi connectivity index (χ3n) is 3.81. The molecule has 6 nitrogen and oxygen atoms in total. The molecule has 4 rings (SSSR count). The molecular formula is C19H11F3N4O2S. The Balaban J connectivity index is 1.63. The maximum absolute atomic E-state index is 13.2. The number of hydrogen-bond donors (Lipinski definition) is 1. The Labute approximate surface area is 166 Å². The zero-order valence-electron chi connectivity index (χ0n) is 14.5. The molecule has 1 N–H and O–H groups in total. The molecule has 0 fully saturated rings. The van der Waals surface area contributed by atoms with Crippen LogP contribution in [0.5, 0.6) is 0 Å². The number of rotatable bonds is 5. The summed E-state index contributed by atoms with van der Waals surface area (Å²) in [6.45, 7) is 0. The molecular weight excluding hydrogens is 405 g/mol. The van der Waals surface area contributed by atoms with Gasteiger partial charge in [0.05, 0.1) is 5.69 Å². The molecule has 0 bridgehead atoms. The number of anilines is 1. The highest BCUT2D eigenvalue weighted by Crippen LogP contribution is 2.30. The van der Waals surface area contributed by atoms with Gasteiger partial charge in [0.25, 0.3) is 11.8 Å². The van der Waals surface area contributed by atoms with Gasteiger partial charge < -0.3 is 4.42 Å². The number of alkyl halides is 2. The number of hydrogen-bond acceptors (Lipinski definition) is 6. The van der Waals surface area contributed by atoms with Crippen LogP contribution in [0.2, 0.25) is 0 Å². The molecule has 3 heterocycles. The van der Waals surface area contributed by atoms with Crippen molar-refractivity contribution in [3.63, 3.8) is 0 Å². The minimum atomic E-state index is -3.01. The van der Waals surface area contributed by atoms with E-state index in [9.17, 15) is 18.0 Å². The number of thiazole rings is 1. The number of oxazole rings is 1. The lowest BCUT2D eigenvalue weighted by molar-refractivity contribution is 0.0955. The van der Waals surface area contributed by atoms with Crippen LogP contribution in [0.3, 0.4) is 0 Å². The molecule has 3 aromatic heterocycles. The number of halogens is 3. The Morgan fingerprint density at radius 3 is 2.55 bits per heavy atom. The first-order valence-corrected chi connectivity index (χ1v) is 9.12. The highest BCUT2D eigenvalue weighted by Gasteiger charge is 2.26. The average Bonchev–Trinajstić information content (AvgIpc) is 3.37. The number of nitrogens with zero attached hydrogens (tertiary/aromatic N) is 3. The quantitative estimate of drug-likeness (QED) is 0.484. The van der Waals surface area contributed by atoms with E-state index in [1.165, 1.54) is 12.1 Å². The number of nitrogens with one attached hydrogen (secondary N) is 1. The summed E-state index contributed by atoms with van der Waals surface area (Å²) >= 11 is 1.14. The molecule has 0 spiro atoms. The highest BCUT2D eigenvalue weighted by molar-refractivity contribution is 7.14. The van der Waals surface area contributed by atoms with E-state index >= 15 is 0 Å². The van der Waals surface area contributed by atoms with Crippen LogP contribution in [0.1, 0.15) is 22.9 Å². The monoisotopic (exact) mass is 416 g/mol. The molecule has 0 saturated heterocycles. The summed E-state index contributed by atoms with van der Waals surface area (Å²) < 4.78 is 44.3. The smallest absolute Gasteiger partial charge is 0.313 e. The normalized spacial score (nSPS) is 11.0. The zero-order chi connectivity index (χ0) is 20.4. The second-order valence-electron chi connectivity index (χ2n) is 5.74. The molecule has 0 aliphatic rings. The first kappa shape index (κ1) is 18.8. The third-order valence-corrected chi connectivity index (χ3v) is 4.56. The maximum Gasteiger partial charge on any atom is 0.313 e. The summed E-state index contributed by atoms with van der Waals surface area (Å²) in [5, 5.41) is 4.44. The van der Waals surface area contributed by atoms with Gasteiger partial charge in [-0.25, -0.2) is 14.4 Å². The minimum Gasteiger partial charge on any atom is -0.429 e. The molecule has 0 radical (unpaired) electrons. The van der Waals surface area contributed by atoms with E-state index in [0.717, 1.165) is 23.5 Å². The van der Waals surface area contributed by atoms with Crippen molar-refractivity contribution < 1.29 is 22.4 Å². The van der Waals surface area contributed by atoms with Gasteiger partial charge in [0.1, 0.15) is 17.2 Å². The van der Waals surface area contributed by atoms with Gasteiger partial charge in [0.15, 0.2) is 5.13 Å². The summed E-state index contributed by atoms with van der Waals surface area (Å²) in [4.78, 5) is 24.8. The second kappa shape index (κ2) is 7.84. The Bertz CT molecular complexity index is 1140. The SMILES string of the molecule is O=C(Nc1nc(-c2ccccn2)cs1)c1oc(C(F)F)nc1-c1ccc(F)cc1. The van der Waals surface area contributed by atoms with Crippen molar-refractivity contribution in [2.75, 3.05) is 5.32 Å². The number of carbonyl (C=O) groups excluding carboxylic acids is 1. The Morgan fingerprint density at radius 1 is 1.07 bits per heavy atom. The zero-order valence-corrected chi connectivity index (χ0v) is 15.3. The largest absolute Gasteiger partial charge is 0.429 e. The van der Waals surface area contributed by atoms with Gasteiger partial charge in [0, 0.05) is 17.1 Å². The third kappa shape index (κ3) is 4.02. The van der Waals surface area contributed by atoms with E-state index in [-0.39, 0.29) is 16.4 Å². The topological polar surface area (TPSA) is 80.9 Å². The van der Waals surface area contributed by atoms with Crippen LogP contribution < -0.4 is 5.32 Å². The van der Waals surface area contributed by atoms with Gasteiger partial charge in [-0.15, -0.1) is 11.3 Å². The molecule has 1 aromatic carbocycles. The van der Waals surface area contributed by atoms with E-state index in [2.05, 4.69) is 20.3 Å². The molecule has 10 heteroatoms. The number of pyridine rings is 1. The average molecular weight is 416 g/mol. The van der Waals surface area contributed by atoms with Crippen molar-refractivity contribution in [1.29, 1.82) is 0 Å². The fourth-order valence-corrected chi connectivity index (χ4v) is 3.20. The summed E-state index contributed by atoms with van der Waals surface area (Å²) in [7, 11) is 0. The first-order valence-electron chi connectivity index (χ1n) is 8.24. The lowest BCUT2D eigenvalue weighted by atomic mass is 10.1. The molecule has 0 aliphatic heterocycles. The lowest BCUT2D eigenvalue weighted by Gasteiger charge is -2.02. The summed E-state index contributed by atoms with van der Waals surface area (Å²) in [5.41, 5.74) is 1.33. The molecule has 0 atom stereocenters. The van der Waals surface area contributed by atoms with E-state index in [0.29, 0.717) is 11.4 Å². The lowest BCUT2D eigenvalue weighted by Crippen LogP contribution is -2.12. The molecule has 0 unspecified atom stereocenters. The van der Waals surface area contributed by atoms with Crippen molar-refractivity contribution in [1.82, 2.24) is 15.0 Å². The molecule has 146 valence electrons. The number of benzene rings is 1. The van der Waals surface area contributed by atoms with E-state index in [1.807, 2.05) is 0 Å². The Morgan fingerprint density at radius 2 is 1.86 bits per heavy atom. The summed E-state index contributed by atoms with van der Waals surface area (Å²) in [6, 6.07) is 10.2. The van der Waals surface area contributed by atoms with Crippen molar-refractivity contribution >= 4 is 22.4 Å². The predicted molar refractivity (Wildman–Crippen MR) is 100 cm³/mol. The van der Waals surface area contributed by atoms with Crippen LogP contribution in [0.4, 0.5) is 18.3 Å². The van der Waals surface area contributed by atoms with Crippen LogP contribution >= 0.6 is 11.3 Å². The van der Waals surface area contributed by atoms with Crippen molar-refractivity contribution in [3.8, 4) is 22.6 Å². The standard InChI is InChI=1S/C19H11F3N4O2S/c20-11-6-4-10(5-7-11)14-15(28-18(25-14)16(21)22)17(27)26-19-24-13(9-29-19)12-3-1-2-8-23-12/h1-9,16H,(H,24,26,27). The minimum absolute atomic E-state index is 0.112. The van der Waals surface area contributed by atoms with E-state index < -0.39 is 29.8 Å². The van der Waals surface area contributed by atoms with Crippen LogP contribution in [0.15, 0.2) is 58.5 Å². The summed E-state index contributed by atoms with van der Waals surface area (Å²) in [6.07, 6.45) is -1.39. The van der Waals surface area contributed by atoms with Crippen LogP contribution in [-0.4, -0.2) is 20.9 Å². The number of carbonyl (C=O) groups is 1. The van der Waals surface area contributed by atoms with Crippen molar-refractivity contribution in [2.24, 2.45) is 0 Å². The molecule has 4 aromatic rings. The fourth-order valence-electron chi connectivity index (χ4n) is 2.50. The van der Waals surface area contributed by atoms with E-state index in [1.54, 1.807) is 29.8 Å². The van der Waals surface area contributed by atoms with Gasteiger partial charge >= 0.3 is 6.43 Å². The van der Waals surface area contributed by atoms with Gasteiger partial charge in [-0.2, -0.15) is 8.78 Å². The van der Waals surface area contributed by atoms with Gasteiger partial charge in [-0.1, -0.05) is 6.07 Å². The molecule has 1 amide bonds. The molecule has 0 aliphatic carbocycles. The van der Waals surface area contributed by atoms with Crippen LogP contribution in [0, 0.1) is 5.82 Å². The second-order valence-corrected chi connectivity index (χ2v) is 6.60. The fraction of sp³-hybridized carbons (Fsp3) is 0.0526. The van der Waals surface area contributed by atoms with Crippen molar-refractivity contribution in [3.05, 3.63) is 71.5 Å². The van der Waals surface area contributed by atoms with Crippen LogP contribution in [-0.2, 0) is 0 Å².